The molecule has 2 unspecified atom stereocenters. The Morgan fingerprint density at radius 1 is 1.08 bits per heavy atom. The summed E-state index contributed by atoms with van der Waals surface area (Å²) in [5, 5.41) is 5.82. The molecule has 2 atom stereocenters. The lowest BCUT2D eigenvalue weighted by molar-refractivity contribution is -0.148. The van der Waals surface area contributed by atoms with Crippen molar-refractivity contribution in [1.82, 2.24) is 15.5 Å². The van der Waals surface area contributed by atoms with Crippen LogP contribution in [0.1, 0.15) is 90.5 Å². The van der Waals surface area contributed by atoms with Gasteiger partial charge < -0.3 is 20.3 Å². The molecule has 0 heterocycles. The van der Waals surface area contributed by atoms with E-state index in [4.69, 9.17) is 4.74 Å². The molecule has 0 fully saturated rings. The van der Waals surface area contributed by atoms with E-state index in [1.165, 1.54) is 0 Å². The first-order valence-electron chi connectivity index (χ1n) is 12.8. The van der Waals surface area contributed by atoms with Crippen LogP contribution in [0.5, 0.6) is 0 Å². The molecule has 0 aromatic heterocycles. The molecule has 0 radical (unpaired) electrons. The molecule has 1 aromatic carbocycles. The van der Waals surface area contributed by atoms with Crippen molar-refractivity contribution in [2.24, 2.45) is 0 Å². The number of amides is 3. The van der Waals surface area contributed by atoms with Crippen LogP contribution in [0, 0.1) is 13.8 Å². The van der Waals surface area contributed by atoms with Crippen molar-refractivity contribution in [3.63, 3.8) is 0 Å². The third-order valence-corrected chi connectivity index (χ3v) is 6.26. The normalized spacial score (nSPS) is 13.5. The summed E-state index contributed by atoms with van der Waals surface area (Å²) in [4.78, 5) is 42.2. The van der Waals surface area contributed by atoms with E-state index < -0.39 is 29.3 Å². The SMILES string of the molecule is CCCCNC(=O)C(c1ccc(C)cc1C)N(C(=O)C(CCSC)NC(=O)OC(C)(C)C)C(C)(C)C. The molecule has 0 aliphatic heterocycles. The minimum absolute atomic E-state index is 0.223. The highest BCUT2D eigenvalue weighted by molar-refractivity contribution is 7.98. The summed E-state index contributed by atoms with van der Waals surface area (Å²) in [6, 6.07) is 4.25. The Kier molecular flexibility index (Phi) is 12.3. The van der Waals surface area contributed by atoms with Gasteiger partial charge in [-0.3, -0.25) is 9.59 Å². The maximum Gasteiger partial charge on any atom is 0.408 e. The molecule has 8 heteroatoms. The zero-order valence-electron chi connectivity index (χ0n) is 23.9. The highest BCUT2D eigenvalue weighted by Gasteiger charge is 2.42. The number of unbranched alkanes of at least 4 members (excludes halogenated alkanes) is 1. The number of thioether (sulfide) groups is 1. The fourth-order valence-corrected chi connectivity index (χ4v) is 4.44. The van der Waals surface area contributed by atoms with Crippen LogP contribution in [-0.4, -0.2) is 58.5 Å². The summed E-state index contributed by atoms with van der Waals surface area (Å²) < 4.78 is 5.45. The number of carbonyl (C=O) groups is 3. The number of aryl methyl sites for hydroxylation is 2. The average Bonchev–Trinajstić information content (AvgIpc) is 2.73. The summed E-state index contributed by atoms with van der Waals surface area (Å²) in [6.07, 6.45) is 3.53. The molecule has 0 saturated heterocycles. The number of benzene rings is 1. The van der Waals surface area contributed by atoms with Crippen LogP contribution in [0.25, 0.3) is 0 Å². The highest BCUT2D eigenvalue weighted by Crippen LogP contribution is 2.32. The van der Waals surface area contributed by atoms with E-state index >= 15 is 0 Å². The second-order valence-corrected chi connectivity index (χ2v) is 12.3. The van der Waals surface area contributed by atoms with Crippen molar-refractivity contribution in [3.8, 4) is 0 Å². The molecule has 0 aliphatic carbocycles. The van der Waals surface area contributed by atoms with Crippen LogP contribution < -0.4 is 10.6 Å². The Morgan fingerprint density at radius 3 is 2.22 bits per heavy atom. The predicted molar refractivity (Wildman–Crippen MR) is 149 cm³/mol. The van der Waals surface area contributed by atoms with Crippen LogP contribution >= 0.6 is 11.8 Å². The zero-order valence-corrected chi connectivity index (χ0v) is 24.7. The third-order valence-electron chi connectivity index (χ3n) is 5.62. The topological polar surface area (TPSA) is 87.7 Å². The number of carbonyl (C=O) groups excluding carboxylic acids is 3. The van der Waals surface area contributed by atoms with E-state index in [1.807, 2.05) is 59.1 Å². The van der Waals surface area contributed by atoms with Gasteiger partial charge in [0.05, 0.1) is 0 Å². The van der Waals surface area contributed by atoms with E-state index in [2.05, 4.69) is 17.6 Å². The van der Waals surface area contributed by atoms with Gasteiger partial charge in [0.15, 0.2) is 0 Å². The second kappa shape index (κ2) is 13.9. The van der Waals surface area contributed by atoms with Gasteiger partial charge in [0, 0.05) is 12.1 Å². The van der Waals surface area contributed by atoms with Crippen molar-refractivity contribution in [2.45, 2.75) is 105 Å². The number of ether oxygens (including phenoxy) is 1. The zero-order chi connectivity index (χ0) is 27.7. The van der Waals surface area contributed by atoms with Crippen LogP contribution in [0.3, 0.4) is 0 Å². The van der Waals surface area contributed by atoms with Crippen molar-refractivity contribution in [2.75, 3.05) is 18.6 Å². The lowest BCUT2D eigenvalue weighted by atomic mass is 9.92. The molecular formula is C28H47N3O4S. The molecule has 3 amide bonds. The minimum atomic E-state index is -0.841. The third kappa shape index (κ3) is 10.0. The van der Waals surface area contributed by atoms with Crippen molar-refractivity contribution >= 4 is 29.7 Å². The molecule has 1 rings (SSSR count). The van der Waals surface area contributed by atoms with Crippen LogP contribution in [0.4, 0.5) is 4.79 Å². The average molecular weight is 522 g/mol. The Bertz CT molecular complexity index is 890. The van der Waals surface area contributed by atoms with Gasteiger partial charge in [0.1, 0.15) is 17.7 Å². The molecule has 0 bridgehead atoms. The highest BCUT2D eigenvalue weighted by atomic mass is 32.2. The second-order valence-electron chi connectivity index (χ2n) is 11.3. The van der Waals surface area contributed by atoms with Crippen LogP contribution in [0.2, 0.25) is 0 Å². The summed E-state index contributed by atoms with van der Waals surface area (Å²) in [7, 11) is 0. The minimum Gasteiger partial charge on any atom is -0.444 e. The molecule has 0 saturated carbocycles. The van der Waals surface area contributed by atoms with Gasteiger partial charge in [0.25, 0.3) is 0 Å². The van der Waals surface area contributed by atoms with Crippen molar-refractivity contribution in [1.29, 1.82) is 0 Å². The van der Waals surface area contributed by atoms with Crippen molar-refractivity contribution < 1.29 is 19.1 Å². The Labute approximate surface area is 222 Å². The van der Waals surface area contributed by atoms with E-state index in [-0.39, 0.29) is 11.8 Å². The molecule has 0 spiro atoms. The Balaban J connectivity index is 3.55. The van der Waals surface area contributed by atoms with E-state index in [1.54, 1.807) is 37.4 Å². The summed E-state index contributed by atoms with van der Waals surface area (Å²) >= 11 is 1.59. The number of rotatable bonds is 11. The van der Waals surface area contributed by atoms with Gasteiger partial charge >= 0.3 is 6.09 Å². The van der Waals surface area contributed by atoms with E-state index in [9.17, 15) is 14.4 Å². The van der Waals surface area contributed by atoms with Crippen LogP contribution in [0.15, 0.2) is 18.2 Å². The number of nitrogens with zero attached hydrogens (tertiary/aromatic N) is 1. The lowest BCUT2D eigenvalue weighted by Gasteiger charge is -2.43. The molecule has 7 nitrogen and oxygen atoms in total. The van der Waals surface area contributed by atoms with Gasteiger partial charge in [-0.05, 0) is 91.4 Å². The van der Waals surface area contributed by atoms with Gasteiger partial charge in [-0.15, -0.1) is 0 Å². The van der Waals surface area contributed by atoms with E-state index in [0.717, 1.165) is 29.5 Å². The maximum absolute atomic E-state index is 14.2. The Hall–Kier alpha value is -2.22. The molecule has 2 N–H and O–H groups in total. The fraction of sp³-hybridized carbons (Fsp3) is 0.679. The first kappa shape index (κ1) is 31.8. The monoisotopic (exact) mass is 521 g/mol. The molecular weight excluding hydrogens is 474 g/mol. The largest absolute Gasteiger partial charge is 0.444 e. The van der Waals surface area contributed by atoms with Gasteiger partial charge in [-0.1, -0.05) is 37.1 Å². The molecule has 0 aliphatic rings. The van der Waals surface area contributed by atoms with Crippen LogP contribution in [-0.2, 0) is 14.3 Å². The van der Waals surface area contributed by atoms with Gasteiger partial charge in [0.2, 0.25) is 11.8 Å². The molecule has 204 valence electrons. The number of hydrogen-bond acceptors (Lipinski definition) is 5. The molecule has 1 aromatic rings. The van der Waals surface area contributed by atoms with Gasteiger partial charge in [-0.25, -0.2) is 4.79 Å². The predicted octanol–water partition coefficient (Wildman–Crippen LogP) is 5.53. The lowest BCUT2D eigenvalue weighted by Crippen LogP contribution is -2.58. The number of hydrogen-bond donors (Lipinski definition) is 2. The fourth-order valence-electron chi connectivity index (χ4n) is 3.97. The summed E-state index contributed by atoms with van der Waals surface area (Å²) in [6.45, 7) is 17.7. The summed E-state index contributed by atoms with van der Waals surface area (Å²) in [5.41, 5.74) is 1.40. The first-order chi connectivity index (χ1) is 16.6. The van der Waals surface area contributed by atoms with Gasteiger partial charge in [-0.2, -0.15) is 11.8 Å². The molecule has 36 heavy (non-hydrogen) atoms. The Morgan fingerprint density at radius 2 is 1.72 bits per heavy atom. The smallest absolute Gasteiger partial charge is 0.408 e. The van der Waals surface area contributed by atoms with E-state index in [0.29, 0.717) is 18.7 Å². The quantitative estimate of drug-likeness (QED) is 0.374. The maximum atomic E-state index is 14.2. The summed E-state index contributed by atoms with van der Waals surface area (Å²) in [5.74, 6) is 0.138. The first-order valence-corrected chi connectivity index (χ1v) is 14.2. The number of alkyl carbamates (subject to hydrolysis) is 1. The standard InChI is InChI=1S/C28H47N3O4S/c1-11-12-16-29-24(32)23(21-14-13-19(2)18-20(21)3)31(27(4,5)6)25(33)22(15-17-36-10)30-26(34)35-28(7,8)9/h13-14,18,22-23H,11-12,15-17H2,1-10H3,(H,29,32)(H,30,34). The number of nitrogens with one attached hydrogen (secondary N) is 2. The van der Waals surface area contributed by atoms with Crippen molar-refractivity contribution in [3.05, 3.63) is 34.9 Å².